The Morgan fingerprint density at radius 1 is 0.960 bits per heavy atom. The maximum Gasteiger partial charge on any atom is 0.142 e. The lowest BCUT2D eigenvalue weighted by Crippen LogP contribution is -2.08. The number of hydrogen-bond donors (Lipinski definition) is 1. The Kier molecular flexibility index (Phi) is 4.40. The average Bonchev–Trinajstić information content (AvgIpc) is 2.61. The van der Waals surface area contributed by atoms with E-state index in [2.05, 4.69) is 11.1 Å². The number of benzene rings is 2. The molecule has 2 N–H and O–H groups in total. The van der Waals surface area contributed by atoms with Crippen LogP contribution in [0, 0.1) is 18.3 Å². The van der Waals surface area contributed by atoms with Crippen LogP contribution < -0.4 is 10.6 Å². The monoisotopic (exact) mass is 328 g/mol. The third kappa shape index (κ3) is 3.31. The summed E-state index contributed by atoms with van der Waals surface area (Å²) in [6, 6.07) is 20.3. The SMILES string of the molecule is Cc1ccc(-c2cc(-c3ccc(N(C)C)cc3)c(C#N)c(N)n2)cc1. The number of nitrogens with two attached hydrogens (primary N) is 1. The van der Waals surface area contributed by atoms with Gasteiger partial charge in [0.15, 0.2) is 0 Å². The molecule has 4 heteroatoms. The fourth-order valence-corrected chi connectivity index (χ4v) is 2.72. The van der Waals surface area contributed by atoms with Gasteiger partial charge in [-0.05, 0) is 30.7 Å². The lowest BCUT2D eigenvalue weighted by Gasteiger charge is -2.14. The van der Waals surface area contributed by atoms with E-state index in [1.54, 1.807) is 0 Å². The van der Waals surface area contributed by atoms with Crippen LogP contribution in [0.25, 0.3) is 22.4 Å². The van der Waals surface area contributed by atoms with E-state index >= 15 is 0 Å². The van der Waals surface area contributed by atoms with Crippen molar-refractivity contribution in [3.63, 3.8) is 0 Å². The van der Waals surface area contributed by atoms with Crippen LogP contribution >= 0.6 is 0 Å². The fraction of sp³-hybridized carbons (Fsp3) is 0.143. The van der Waals surface area contributed by atoms with Crippen molar-refractivity contribution < 1.29 is 0 Å². The van der Waals surface area contributed by atoms with E-state index in [1.165, 1.54) is 5.56 Å². The first kappa shape index (κ1) is 16.5. The Morgan fingerprint density at radius 3 is 2.12 bits per heavy atom. The van der Waals surface area contributed by atoms with Gasteiger partial charge in [-0.1, -0.05) is 42.0 Å². The molecular weight excluding hydrogens is 308 g/mol. The largest absolute Gasteiger partial charge is 0.383 e. The number of rotatable bonds is 3. The molecule has 3 aromatic rings. The highest BCUT2D eigenvalue weighted by atomic mass is 15.1. The highest BCUT2D eigenvalue weighted by molar-refractivity contribution is 5.80. The zero-order valence-corrected chi connectivity index (χ0v) is 14.6. The van der Waals surface area contributed by atoms with E-state index < -0.39 is 0 Å². The van der Waals surface area contributed by atoms with Gasteiger partial charge in [0, 0.05) is 30.9 Å². The van der Waals surface area contributed by atoms with Crippen LogP contribution in [0.2, 0.25) is 0 Å². The van der Waals surface area contributed by atoms with Gasteiger partial charge < -0.3 is 10.6 Å². The highest BCUT2D eigenvalue weighted by Crippen LogP contribution is 2.32. The third-order valence-corrected chi connectivity index (χ3v) is 4.20. The molecule has 25 heavy (non-hydrogen) atoms. The van der Waals surface area contributed by atoms with Crippen LogP contribution in [0.15, 0.2) is 54.6 Å². The first-order valence-corrected chi connectivity index (χ1v) is 8.05. The van der Waals surface area contributed by atoms with E-state index in [-0.39, 0.29) is 5.82 Å². The highest BCUT2D eigenvalue weighted by Gasteiger charge is 2.13. The second kappa shape index (κ2) is 6.66. The standard InChI is InChI=1S/C21H20N4/c1-14-4-6-16(7-5-14)20-12-18(19(13-22)21(23)24-20)15-8-10-17(11-9-15)25(2)3/h4-12H,1-3H3,(H2,23,24). The molecule has 0 unspecified atom stereocenters. The molecule has 3 rings (SSSR count). The molecule has 0 fully saturated rings. The van der Waals surface area contributed by atoms with Gasteiger partial charge in [0.1, 0.15) is 17.5 Å². The zero-order valence-electron chi connectivity index (χ0n) is 14.6. The Bertz CT molecular complexity index is 933. The maximum atomic E-state index is 9.52. The topological polar surface area (TPSA) is 65.9 Å². The molecule has 0 aliphatic heterocycles. The van der Waals surface area contributed by atoms with Crippen LogP contribution in [0.5, 0.6) is 0 Å². The number of nitrogens with zero attached hydrogens (tertiary/aromatic N) is 3. The molecule has 2 aromatic carbocycles. The fourth-order valence-electron chi connectivity index (χ4n) is 2.72. The number of anilines is 2. The van der Waals surface area contributed by atoms with Gasteiger partial charge >= 0.3 is 0 Å². The van der Waals surface area contributed by atoms with Gasteiger partial charge in [0.25, 0.3) is 0 Å². The summed E-state index contributed by atoms with van der Waals surface area (Å²) in [5.74, 6) is 0.257. The van der Waals surface area contributed by atoms with Crippen LogP contribution in [0.1, 0.15) is 11.1 Å². The number of aryl methyl sites for hydroxylation is 1. The van der Waals surface area contributed by atoms with Gasteiger partial charge in [-0.15, -0.1) is 0 Å². The summed E-state index contributed by atoms with van der Waals surface area (Å²) < 4.78 is 0. The van der Waals surface area contributed by atoms with Gasteiger partial charge in [0.2, 0.25) is 0 Å². The van der Waals surface area contributed by atoms with E-state index in [1.807, 2.05) is 80.5 Å². The third-order valence-electron chi connectivity index (χ3n) is 4.20. The Balaban J connectivity index is 2.14. The second-order valence-electron chi connectivity index (χ2n) is 6.23. The summed E-state index contributed by atoms with van der Waals surface area (Å²) in [6.07, 6.45) is 0. The lowest BCUT2D eigenvalue weighted by atomic mass is 9.98. The van der Waals surface area contributed by atoms with Crippen molar-refractivity contribution in [1.29, 1.82) is 5.26 Å². The molecule has 0 radical (unpaired) electrons. The number of nitrogen functional groups attached to an aromatic ring is 1. The average molecular weight is 328 g/mol. The molecule has 0 bridgehead atoms. The van der Waals surface area contributed by atoms with Crippen molar-refractivity contribution in [2.24, 2.45) is 0 Å². The molecule has 4 nitrogen and oxygen atoms in total. The number of aromatic nitrogens is 1. The van der Waals surface area contributed by atoms with Crippen LogP contribution in [-0.2, 0) is 0 Å². The predicted octanol–water partition coefficient (Wildman–Crippen LogP) is 4.24. The quantitative estimate of drug-likeness (QED) is 0.781. The first-order valence-electron chi connectivity index (χ1n) is 8.05. The van der Waals surface area contributed by atoms with Crippen molar-refractivity contribution in [1.82, 2.24) is 4.98 Å². The van der Waals surface area contributed by atoms with Crippen molar-refractivity contribution in [3.05, 3.63) is 65.7 Å². The molecule has 1 heterocycles. The van der Waals surface area contributed by atoms with E-state index in [9.17, 15) is 5.26 Å². The summed E-state index contributed by atoms with van der Waals surface area (Å²) >= 11 is 0. The van der Waals surface area contributed by atoms with Crippen LogP contribution in [0.3, 0.4) is 0 Å². The molecular formula is C21H20N4. The second-order valence-corrected chi connectivity index (χ2v) is 6.23. The minimum absolute atomic E-state index is 0.257. The Labute approximate surface area is 148 Å². The van der Waals surface area contributed by atoms with E-state index in [0.717, 1.165) is 28.1 Å². The Morgan fingerprint density at radius 2 is 1.56 bits per heavy atom. The van der Waals surface area contributed by atoms with E-state index in [4.69, 9.17) is 5.73 Å². The molecule has 0 aliphatic rings. The molecule has 0 atom stereocenters. The van der Waals surface area contributed by atoms with Crippen molar-refractivity contribution >= 4 is 11.5 Å². The minimum Gasteiger partial charge on any atom is -0.383 e. The first-order chi connectivity index (χ1) is 12.0. The molecule has 0 aliphatic carbocycles. The van der Waals surface area contributed by atoms with Gasteiger partial charge in [-0.25, -0.2) is 4.98 Å². The summed E-state index contributed by atoms with van der Waals surface area (Å²) in [4.78, 5) is 6.46. The molecule has 0 spiro atoms. The smallest absolute Gasteiger partial charge is 0.142 e. The van der Waals surface area contributed by atoms with Crippen LogP contribution in [-0.4, -0.2) is 19.1 Å². The molecule has 1 aromatic heterocycles. The number of nitriles is 1. The van der Waals surface area contributed by atoms with Crippen molar-refractivity contribution in [2.75, 3.05) is 24.7 Å². The Hall–Kier alpha value is -3.32. The lowest BCUT2D eigenvalue weighted by molar-refractivity contribution is 1.13. The minimum atomic E-state index is 0.257. The number of pyridine rings is 1. The van der Waals surface area contributed by atoms with Crippen LogP contribution in [0.4, 0.5) is 11.5 Å². The molecule has 124 valence electrons. The summed E-state index contributed by atoms with van der Waals surface area (Å²) in [5.41, 5.74) is 12.3. The maximum absolute atomic E-state index is 9.52. The van der Waals surface area contributed by atoms with Gasteiger partial charge in [-0.2, -0.15) is 5.26 Å². The molecule has 0 saturated heterocycles. The summed E-state index contributed by atoms with van der Waals surface area (Å²) in [5, 5.41) is 9.52. The normalized spacial score (nSPS) is 10.3. The molecule has 0 saturated carbocycles. The van der Waals surface area contributed by atoms with Crippen molar-refractivity contribution in [3.8, 4) is 28.5 Å². The molecule has 0 amide bonds. The van der Waals surface area contributed by atoms with Crippen molar-refractivity contribution in [2.45, 2.75) is 6.92 Å². The zero-order chi connectivity index (χ0) is 18.0. The summed E-state index contributed by atoms with van der Waals surface area (Å²) in [6.45, 7) is 2.04. The van der Waals surface area contributed by atoms with Gasteiger partial charge in [0.05, 0.1) is 5.69 Å². The predicted molar refractivity (Wildman–Crippen MR) is 103 cm³/mol. The summed E-state index contributed by atoms with van der Waals surface area (Å²) in [7, 11) is 3.99. The van der Waals surface area contributed by atoms with Gasteiger partial charge in [-0.3, -0.25) is 0 Å². The van der Waals surface area contributed by atoms with E-state index in [0.29, 0.717) is 5.56 Å². The number of hydrogen-bond acceptors (Lipinski definition) is 4.